The first kappa shape index (κ1) is 20.6. The summed E-state index contributed by atoms with van der Waals surface area (Å²) in [5, 5.41) is 15.7. The van der Waals surface area contributed by atoms with Crippen LogP contribution in [0.5, 0.6) is 0 Å². The Morgan fingerprint density at radius 3 is 2.50 bits per heavy atom. The number of hydrogen-bond acceptors (Lipinski definition) is 4. The number of carbonyl (C=O) groups is 1. The second kappa shape index (κ2) is 8.94. The van der Waals surface area contributed by atoms with Crippen LogP contribution in [0.15, 0.2) is 52.9 Å². The molecule has 0 atom stereocenters. The zero-order chi connectivity index (χ0) is 20.3. The molecule has 0 saturated heterocycles. The van der Waals surface area contributed by atoms with E-state index < -0.39 is 5.91 Å². The molecule has 0 fully saturated rings. The SMILES string of the molecule is O=C(NC(=S)Nc1ccc(-c2ccc(CO)o2)c(Cl)c1)c1cc(Cl)ccc1Cl. The second-order valence-electron chi connectivity index (χ2n) is 5.65. The van der Waals surface area contributed by atoms with Crippen molar-refractivity contribution in [1.82, 2.24) is 5.32 Å². The lowest BCUT2D eigenvalue weighted by molar-refractivity contribution is 0.0978. The van der Waals surface area contributed by atoms with Gasteiger partial charge in [-0.25, -0.2) is 0 Å². The van der Waals surface area contributed by atoms with Crippen molar-refractivity contribution >= 4 is 63.7 Å². The number of anilines is 1. The molecule has 1 amide bonds. The summed E-state index contributed by atoms with van der Waals surface area (Å²) in [7, 11) is 0. The molecule has 2 aromatic carbocycles. The zero-order valence-corrected chi connectivity index (χ0v) is 17.2. The third kappa shape index (κ3) is 4.84. The van der Waals surface area contributed by atoms with Gasteiger partial charge in [0.15, 0.2) is 5.11 Å². The summed E-state index contributed by atoms with van der Waals surface area (Å²) in [6.45, 7) is -0.193. The summed E-state index contributed by atoms with van der Waals surface area (Å²) in [5.74, 6) is 0.490. The number of benzene rings is 2. The molecule has 1 aromatic heterocycles. The van der Waals surface area contributed by atoms with E-state index in [0.29, 0.717) is 32.8 Å². The maximum absolute atomic E-state index is 12.3. The highest BCUT2D eigenvalue weighted by Crippen LogP contribution is 2.31. The van der Waals surface area contributed by atoms with Crippen LogP contribution in [0.4, 0.5) is 5.69 Å². The van der Waals surface area contributed by atoms with Gasteiger partial charge in [-0.2, -0.15) is 0 Å². The molecule has 0 saturated carbocycles. The molecule has 5 nitrogen and oxygen atoms in total. The number of rotatable bonds is 4. The number of furan rings is 1. The maximum atomic E-state index is 12.3. The first-order valence-corrected chi connectivity index (χ1v) is 9.48. The Labute approximate surface area is 181 Å². The topological polar surface area (TPSA) is 74.5 Å². The molecular weight excluding hydrogens is 443 g/mol. The second-order valence-corrected chi connectivity index (χ2v) is 7.31. The van der Waals surface area contributed by atoms with Crippen molar-refractivity contribution in [2.45, 2.75) is 6.61 Å². The summed E-state index contributed by atoms with van der Waals surface area (Å²) in [4.78, 5) is 12.3. The highest BCUT2D eigenvalue weighted by Gasteiger charge is 2.14. The molecule has 144 valence electrons. The summed E-state index contributed by atoms with van der Waals surface area (Å²) in [5.41, 5.74) is 1.45. The van der Waals surface area contributed by atoms with Gasteiger partial charge in [-0.1, -0.05) is 34.8 Å². The lowest BCUT2D eigenvalue weighted by Crippen LogP contribution is -2.34. The Kier molecular flexibility index (Phi) is 6.59. The van der Waals surface area contributed by atoms with Crippen molar-refractivity contribution in [3.05, 3.63) is 74.9 Å². The number of hydrogen-bond donors (Lipinski definition) is 3. The largest absolute Gasteiger partial charge is 0.459 e. The van der Waals surface area contributed by atoms with E-state index in [1.165, 1.54) is 12.1 Å². The van der Waals surface area contributed by atoms with Gasteiger partial charge in [-0.3, -0.25) is 10.1 Å². The average Bonchev–Trinajstić information content (AvgIpc) is 3.12. The Morgan fingerprint density at radius 2 is 1.82 bits per heavy atom. The minimum atomic E-state index is -0.486. The van der Waals surface area contributed by atoms with Gasteiger partial charge < -0.3 is 14.8 Å². The molecule has 3 rings (SSSR count). The van der Waals surface area contributed by atoms with Crippen LogP contribution in [0.25, 0.3) is 11.3 Å². The van der Waals surface area contributed by atoms with Crippen LogP contribution >= 0.6 is 47.0 Å². The number of aliphatic hydroxyl groups excluding tert-OH is 1. The number of halogens is 3. The van der Waals surface area contributed by atoms with Crippen LogP contribution in [0, 0.1) is 0 Å². The zero-order valence-electron chi connectivity index (χ0n) is 14.1. The predicted octanol–water partition coefficient (Wildman–Crippen LogP) is 5.53. The molecule has 0 aliphatic rings. The fourth-order valence-electron chi connectivity index (χ4n) is 2.40. The number of carbonyl (C=O) groups excluding carboxylic acids is 1. The minimum Gasteiger partial charge on any atom is -0.459 e. The van der Waals surface area contributed by atoms with Gasteiger partial charge >= 0.3 is 0 Å². The third-order valence-corrected chi connectivity index (χ3v) is 4.79. The summed E-state index contributed by atoms with van der Waals surface area (Å²) >= 11 is 23.4. The van der Waals surface area contributed by atoms with E-state index in [1.807, 2.05) is 0 Å². The van der Waals surface area contributed by atoms with Crippen molar-refractivity contribution < 1.29 is 14.3 Å². The molecule has 28 heavy (non-hydrogen) atoms. The highest BCUT2D eigenvalue weighted by atomic mass is 35.5. The van der Waals surface area contributed by atoms with E-state index in [-0.39, 0.29) is 22.3 Å². The smallest absolute Gasteiger partial charge is 0.258 e. The van der Waals surface area contributed by atoms with Crippen LogP contribution in [-0.2, 0) is 6.61 Å². The number of amides is 1. The third-order valence-electron chi connectivity index (χ3n) is 3.71. The standard InChI is InChI=1S/C19H13Cl3N2O3S/c20-10-1-5-15(21)14(7-10)18(26)24-19(28)23-11-2-4-13(16(22)8-11)17-6-3-12(9-25)27-17/h1-8,25H,9H2,(H2,23,24,26,28). The fraction of sp³-hybridized carbons (Fsp3) is 0.0526. The quantitative estimate of drug-likeness (QED) is 0.451. The van der Waals surface area contributed by atoms with Crippen molar-refractivity contribution in [2.75, 3.05) is 5.32 Å². The first-order chi connectivity index (χ1) is 13.4. The van der Waals surface area contributed by atoms with Gasteiger partial charge in [0.05, 0.1) is 15.6 Å². The van der Waals surface area contributed by atoms with Gasteiger partial charge in [0, 0.05) is 16.3 Å². The molecule has 0 bridgehead atoms. The van der Waals surface area contributed by atoms with Crippen LogP contribution in [0.1, 0.15) is 16.1 Å². The minimum absolute atomic E-state index is 0.0745. The van der Waals surface area contributed by atoms with Crippen molar-refractivity contribution in [2.24, 2.45) is 0 Å². The molecule has 0 spiro atoms. The fourth-order valence-corrected chi connectivity index (χ4v) is 3.26. The van der Waals surface area contributed by atoms with Gasteiger partial charge in [-0.05, 0) is 60.7 Å². The van der Waals surface area contributed by atoms with Crippen molar-refractivity contribution in [3.8, 4) is 11.3 Å². The summed E-state index contributed by atoms with van der Waals surface area (Å²) in [6.07, 6.45) is 0. The van der Waals surface area contributed by atoms with E-state index in [4.69, 9.17) is 56.5 Å². The van der Waals surface area contributed by atoms with Gasteiger partial charge in [-0.15, -0.1) is 0 Å². The molecular formula is C19H13Cl3N2O3S. The van der Waals surface area contributed by atoms with Crippen molar-refractivity contribution in [1.29, 1.82) is 0 Å². The molecule has 0 aliphatic carbocycles. The average molecular weight is 456 g/mol. The Bertz CT molecular complexity index is 1050. The van der Waals surface area contributed by atoms with E-state index in [0.717, 1.165) is 0 Å². The Balaban J connectivity index is 1.69. The van der Waals surface area contributed by atoms with E-state index in [9.17, 15) is 4.79 Å². The predicted molar refractivity (Wildman–Crippen MR) is 115 cm³/mol. The van der Waals surface area contributed by atoms with Crippen molar-refractivity contribution in [3.63, 3.8) is 0 Å². The molecule has 0 unspecified atom stereocenters. The number of thiocarbonyl (C=S) groups is 1. The monoisotopic (exact) mass is 454 g/mol. The van der Waals surface area contributed by atoms with Gasteiger partial charge in [0.1, 0.15) is 18.1 Å². The Morgan fingerprint density at radius 1 is 1.04 bits per heavy atom. The first-order valence-electron chi connectivity index (χ1n) is 7.94. The van der Waals surface area contributed by atoms with Crippen LogP contribution in [0.3, 0.4) is 0 Å². The maximum Gasteiger partial charge on any atom is 0.258 e. The summed E-state index contributed by atoms with van der Waals surface area (Å²) < 4.78 is 5.48. The summed E-state index contributed by atoms with van der Waals surface area (Å²) in [6, 6.07) is 13.1. The van der Waals surface area contributed by atoms with Crippen LogP contribution < -0.4 is 10.6 Å². The van der Waals surface area contributed by atoms with E-state index >= 15 is 0 Å². The van der Waals surface area contributed by atoms with E-state index in [2.05, 4.69) is 10.6 Å². The molecule has 1 heterocycles. The van der Waals surface area contributed by atoms with E-state index in [1.54, 1.807) is 36.4 Å². The molecule has 0 aliphatic heterocycles. The number of aliphatic hydroxyl groups is 1. The normalized spacial score (nSPS) is 10.6. The molecule has 0 radical (unpaired) electrons. The highest BCUT2D eigenvalue weighted by molar-refractivity contribution is 7.80. The van der Waals surface area contributed by atoms with Gasteiger partial charge in [0.25, 0.3) is 5.91 Å². The lowest BCUT2D eigenvalue weighted by Gasteiger charge is -2.11. The molecule has 3 aromatic rings. The number of nitrogens with one attached hydrogen (secondary N) is 2. The molecule has 9 heteroatoms. The Hall–Kier alpha value is -2.09. The van der Waals surface area contributed by atoms with Crippen LogP contribution in [-0.4, -0.2) is 16.1 Å². The van der Waals surface area contributed by atoms with Gasteiger partial charge in [0.2, 0.25) is 0 Å². The van der Waals surface area contributed by atoms with Crippen LogP contribution in [0.2, 0.25) is 15.1 Å². The lowest BCUT2D eigenvalue weighted by atomic mass is 10.1. The molecule has 3 N–H and O–H groups in total.